The van der Waals surface area contributed by atoms with Gasteiger partial charge in [0, 0.05) is 29.8 Å². The van der Waals surface area contributed by atoms with E-state index in [1.165, 1.54) is 22.7 Å². The molecule has 0 radical (unpaired) electrons. The van der Waals surface area contributed by atoms with Gasteiger partial charge in [-0.1, -0.05) is 48.5 Å². The second kappa shape index (κ2) is 12.4. The average molecular weight is 587 g/mol. The molecule has 2 aliphatic rings. The molecule has 1 saturated heterocycles. The Labute approximate surface area is 247 Å². The van der Waals surface area contributed by atoms with E-state index in [-0.39, 0.29) is 36.0 Å². The van der Waals surface area contributed by atoms with Gasteiger partial charge in [-0.15, -0.1) is 11.8 Å². The number of fused-ring (bicyclic) bond motifs is 1. The summed E-state index contributed by atoms with van der Waals surface area (Å²) in [4.78, 5) is 28.6. The average Bonchev–Trinajstić information content (AvgIpc) is 3.66. The van der Waals surface area contributed by atoms with Crippen molar-refractivity contribution in [1.29, 1.82) is 0 Å². The van der Waals surface area contributed by atoms with Crippen LogP contribution in [0.25, 0.3) is 16.9 Å². The van der Waals surface area contributed by atoms with E-state index in [1.807, 2.05) is 54.6 Å². The Bertz CT molecular complexity index is 1570. The van der Waals surface area contributed by atoms with Crippen molar-refractivity contribution in [3.63, 3.8) is 0 Å². The van der Waals surface area contributed by atoms with Crippen LogP contribution in [0.15, 0.2) is 78.9 Å². The van der Waals surface area contributed by atoms with Crippen LogP contribution in [0.2, 0.25) is 0 Å². The Kier molecular flexibility index (Phi) is 8.25. The van der Waals surface area contributed by atoms with E-state index < -0.39 is 5.25 Å². The van der Waals surface area contributed by atoms with Crippen LogP contribution in [0.3, 0.4) is 0 Å². The van der Waals surface area contributed by atoms with Crippen molar-refractivity contribution in [3.05, 3.63) is 95.8 Å². The van der Waals surface area contributed by atoms with E-state index in [2.05, 4.69) is 5.32 Å². The van der Waals surface area contributed by atoms with Gasteiger partial charge < -0.3 is 14.8 Å². The number of amides is 2. The molecule has 1 fully saturated rings. The third-order valence-electron chi connectivity index (χ3n) is 7.49. The first-order chi connectivity index (χ1) is 20.5. The highest BCUT2D eigenvalue weighted by Crippen LogP contribution is 2.49. The van der Waals surface area contributed by atoms with Crippen molar-refractivity contribution < 1.29 is 23.5 Å². The van der Waals surface area contributed by atoms with Gasteiger partial charge in [-0.05, 0) is 43.2 Å². The third kappa shape index (κ3) is 5.64. The quantitative estimate of drug-likeness (QED) is 0.307. The van der Waals surface area contributed by atoms with Gasteiger partial charge in [0.05, 0.1) is 35.6 Å². The predicted octanol–water partition coefficient (Wildman–Crippen LogP) is 5.15. The summed E-state index contributed by atoms with van der Waals surface area (Å²) in [7, 11) is 1.59. The molecule has 2 aliphatic heterocycles. The maximum absolute atomic E-state index is 15.4. The summed E-state index contributed by atoms with van der Waals surface area (Å²) in [6.07, 6.45) is 1.82. The number of nitrogens with one attached hydrogen (secondary N) is 1. The molecule has 2 amide bonds. The number of carbonyl (C=O) groups excluding carboxylic acids is 2. The van der Waals surface area contributed by atoms with Gasteiger partial charge in [0.15, 0.2) is 0 Å². The molecule has 0 saturated carbocycles. The summed E-state index contributed by atoms with van der Waals surface area (Å²) in [5.41, 5.74) is 3.23. The van der Waals surface area contributed by atoms with Crippen molar-refractivity contribution in [3.8, 4) is 22.7 Å². The second-order valence-corrected chi connectivity index (χ2v) is 11.3. The van der Waals surface area contributed by atoms with Crippen LogP contribution in [0, 0.1) is 5.82 Å². The molecular weight excluding hydrogens is 555 g/mol. The molecule has 42 heavy (non-hydrogen) atoms. The summed E-state index contributed by atoms with van der Waals surface area (Å²) < 4.78 is 28.1. The Balaban J connectivity index is 1.52. The number of carbonyl (C=O) groups is 2. The Morgan fingerprint density at radius 3 is 2.57 bits per heavy atom. The number of nitrogens with zero attached hydrogens (tertiary/aromatic N) is 3. The summed E-state index contributed by atoms with van der Waals surface area (Å²) in [6.45, 7) is 0.860. The van der Waals surface area contributed by atoms with Gasteiger partial charge in [0.1, 0.15) is 23.9 Å². The molecule has 0 bridgehead atoms. The summed E-state index contributed by atoms with van der Waals surface area (Å²) in [5, 5.41) is 7.42. The van der Waals surface area contributed by atoms with Crippen LogP contribution in [0.1, 0.15) is 29.2 Å². The van der Waals surface area contributed by atoms with E-state index in [9.17, 15) is 9.59 Å². The molecule has 3 aromatic carbocycles. The van der Waals surface area contributed by atoms with Crippen LogP contribution < -0.4 is 15.0 Å². The first-order valence-electron chi connectivity index (χ1n) is 13.9. The molecule has 216 valence electrons. The minimum Gasteiger partial charge on any atom is -0.497 e. The van der Waals surface area contributed by atoms with Gasteiger partial charge in [-0.25, -0.2) is 9.07 Å². The zero-order valence-electron chi connectivity index (χ0n) is 23.2. The Morgan fingerprint density at radius 2 is 1.86 bits per heavy atom. The van der Waals surface area contributed by atoms with Gasteiger partial charge in [-0.3, -0.25) is 14.5 Å². The number of benzene rings is 3. The van der Waals surface area contributed by atoms with E-state index in [0.29, 0.717) is 47.2 Å². The van der Waals surface area contributed by atoms with Crippen molar-refractivity contribution in [2.75, 3.05) is 37.5 Å². The van der Waals surface area contributed by atoms with Crippen LogP contribution in [0.4, 0.5) is 10.2 Å². The molecule has 1 N–H and O–H groups in total. The molecular formula is C32H31FN4O4S. The molecule has 4 aromatic rings. The molecule has 6 rings (SSSR count). The van der Waals surface area contributed by atoms with Crippen LogP contribution >= 0.6 is 11.8 Å². The van der Waals surface area contributed by atoms with Crippen molar-refractivity contribution in [2.24, 2.45) is 0 Å². The number of anilines is 1. The van der Waals surface area contributed by atoms with Gasteiger partial charge in [-0.2, -0.15) is 5.10 Å². The Hall–Kier alpha value is -4.15. The molecule has 10 heteroatoms. The summed E-state index contributed by atoms with van der Waals surface area (Å²) in [5.74, 6) is 0.233. The molecule has 1 aromatic heterocycles. The smallest absolute Gasteiger partial charge is 0.240 e. The first kappa shape index (κ1) is 28.0. The molecule has 2 atom stereocenters. The largest absolute Gasteiger partial charge is 0.497 e. The summed E-state index contributed by atoms with van der Waals surface area (Å²) >= 11 is 1.33. The third-order valence-corrected chi connectivity index (χ3v) is 8.73. The standard InChI is InChI=1S/C32H31FN4O4S/c1-40-23-15-13-22(14-16-23)37-32-29(30(35-37)21-8-3-2-4-9-21)31(25-11-5-6-12-26(25)33)42-20-28(39)36(32)19-27(38)34-18-24-10-7-17-41-24/h2-6,8-9,11-16,24,31H,7,10,17-20H2,1H3,(H,34,38). The first-order valence-corrected chi connectivity index (χ1v) is 15.0. The topological polar surface area (TPSA) is 85.7 Å². The lowest BCUT2D eigenvalue weighted by molar-refractivity contribution is -0.123. The minimum atomic E-state index is -0.549. The van der Waals surface area contributed by atoms with E-state index in [4.69, 9.17) is 14.6 Å². The number of methoxy groups -OCH3 is 1. The lowest BCUT2D eigenvalue weighted by atomic mass is 9.99. The maximum atomic E-state index is 15.4. The number of aromatic nitrogens is 2. The number of ether oxygens (including phenoxy) is 2. The number of rotatable bonds is 8. The van der Waals surface area contributed by atoms with Gasteiger partial charge in [0.2, 0.25) is 11.8 Å². The number of hydrogen-bond donors (Lipinski definition) is 1. The van der Waals surface area contributed by atoms with Crippen molar-refractivity contribution in [1.82, 2.24) is 15.1 Å². The highest BCUT2D eigenvalue weighted by atomic mass is 32.2. The van der Waals surface area contributed by atoms with Gasteiger partial charge >= 0.3 is 0 Å². The van der Waals surface area contributed by atoms with E-state index >= 15 is 4.39 Å². The fourth-order valence-electron chi connectivity index (χ4n) is 5.40. The lowest BCUT2D eigenvalue weighted by Crippen LogP contribution is -2.44. The monoisotopic (exact) mass is 586 g/mol. The molecule has 8 nitrogen and oxygen atoms in total. The normalized spacial score (nSPS) is 18.4. The zero-order valence-corrected chi connectivity index (χ0v) is 24.0. The lowest BCUT2D eigenvalue weighted by Gasteiger charge is -2.23. The summed E-state index contributed by atoms with van der Waals surface area (Å²) in [6, 6.07) is 23.5. The minimum absolute atomic E-state index is 0.0279. The fourth-order valence-corrected chi connectivity index (χ4v) is 6.62. The molecule has 0 aliphatic carbocycles. The molecule has 0 spiro atoms. The maximum Gasteiger partial charge on any atom is 0.240 e. The van der Waals surface area contributed by atoms with Crippen molar-refractivity contribution in [2.45, 2.75) is 24.2 Å². The highest BCUT2D eigenvalue weighted by Gasteiger charge is 2.38. The molecule has 3 heterocycles. The van der Waals surface area contributed by atoms with Crippen molar-refractivity contribution >= 4 is 29.4 Å². The van der Waals surface area contributed by atoms with Crippen LogP contribution in [0.5, 0.6) is 5.75 Å². The van der Waals surface area contributed by atoms with Crippen LogP contribution in [-0.2, 0) is 14.3 Å². The van der Waals surface area contributed by atoms with Crippen LogP contribution in [-0.4, -0.2) is 60.3 Å². The van der Waals surface area contributed by atoms with E-state index in [1.54, 1.807) is 30.0 Å². The van der Waals surface area contributed by atoms with Gasteiger partial charge in [0.25, 0.3) is 0 Å². The number of thioether (sulfide) groups is 1. The predicted molar refractivity (Wildman–Crippen MR) is 161 cm³/mol. The Morgan fingerprint density at radius 1 is 1.10 bits per heavy atom. The fraction of sp³-hybridized carbons (Fsp3) is 0.281. The number of halogens is 1. The number of hydrogen-bond acceptors (Lipinski definition) is 6. The SMILES string of the molecule is COc1ccc(-n2nc(-c3ccccc3)c3c2N(CC(=O)NCC2CCCO2)C(=O)CSC3c2ccccc2F)cc1. The highest BCUT2D eigenvalue weighted by molar-refractivity contribution is 8.00. The van der Waals surface area contributed by atoms with E-state index in [0.717, 1.165) is 18.4 Å². The zero-order chi connectivity index (χ0) is 29.1. The molecule has 2 unspecified atom stereocenters. The second-order valence-electron chi connectivity index (χ2n) is 10.2.